The third kappa shape index (κ3) is 3.40. The molecule has 1 rings (SSSR count). The second kappa shape index (κ2) is 5.73. The number of aliphatic carboxylic acids is 1. The maximum Gasteiger partial charge on any atom is 0.348 e. The van der Waals surface area contributed by atoms with Crippen molar-refractivity contribution in [1.29, 1.82) is 0 Å². The zero-order chi connectivity index (χ0) is 12.0. The first-order chi connectivity index (χ1) is 7.58. The Labute approximate surface area is 95.1 Å². The van der Waals surface area contributed by atoms with Crippen LogP contribution in [0.3, 0.4) is 0 Å². The van der Waals surface area contributed by atoms with Gasteiger partial charge in [-0.25, -0.2) is 4.79 Å². The molecule has 0 aliphatic rings. The molecule has 0 saturated carbocycles. The molecule has 1 unspecified atom stereocenters. The van der Waals surface area contributed by atoms with Crippen LogP contribution in [0.5, 0.6) is 0 Å². The number of carboxylic acid groups (broad SMARTS) is 1. The van der Waals surface area contributed by atoms with E-state index in [9.17, 15) is 14.5 Å². The van der Waals surface area contributed by atoms with Gasteiger partial charge in [0.05, 0.1) is 0 Å². The molecule has 0 fully saturated rings. The third-order valence-electron chi connectivity index (χ3n) is 2.33. The molecule has 1 aromatic rings. The molecular formula is C11H13O4P. The van der Waals surface area contributed by atoms with Crippen molar-refractivity contribution in [3.8, 4) is 0 Å². The van der Waals surface area contributed by atoms with E-state index in [-0.39, 0.29) is 6.42 Å². The Bertz CT molecular complexity index is 366. The van der Waals surface area contributed by atoms with E-state index < -0.39 is 19.8 Å². The Morgan fingerprint density at radius 3 is 2.44 bits per heavy atom. The van der Waals surface area contributed by atoms with Crippen LogP contribution in [0.15, 0.2) is 30.3 Å². The molecule has 0 amide bonds. The minimum Gasteiger partial charge on any atom is -0.479 e. The van der Waals surface area contributed by atoms with Crippen molar-refractivity contribution in [3.05, 3.63) is 35.9 Å². The number of carboxylic acids is 1. The van der Waals surface area contributed by atoms with Gasteiger partial charge in [0.2, 0.25) is 13.8 Å². The summed E-state index contributed by atoms with van der Waals surface area (Å²) >= 11 is 0. The highest BCUT2D eigenvalue weighted by Gasteiger charge is 2.36. The maximum absolute atomic E-state index is 10.6. The number of hydrogen-bond donors (Lipinski definition) is 2. The number of aryl methyl sites for hydroxylation is 1. The first-order valence-electron chi connectivity index (χ1n) is 4.93. The quantitative estimate of drug-likeness (QED) is 0.746. The fourth-order valence-electron chi connectivity index (χ4n) is 1.38. The molecule has 1 aromatic carbocycles. The fourth-order valence-corrected chi connectivity index (χ4v) is 1.70. The molecule has 0 heterocycles. The molecule has 0 saturated heterocycles. The van der Waals surface area contributed by atoms with E-state index in [4.69, 9.17) is 5.11 Å². The summed E-state index contributed by atoms with van der Waals surface area (Å²) in [5, 5.41) is 16.0. The predicted octanol–water partition coefficient (Wildman–Crippen LogP) is 2.07. The molecular weight excluding hydrogens is 227 g/mol. The van der Waals surface area contributed by atoms with Gasteiger partial charge in [0.1, 0.15) is 0 Å². The number of rotatable bonds is 6. The topological polar surface area (TPSA) is 74.6 Å². The number of hydrogen-bond acceptors (Lipinski definition) is 3. The van der Waals surface area contributed by atoms with Crippen LogP contribution in [0.4, 0.5) is 0 Å². The standard InChI is InChI=1S/C11H13O4P/c12-10(13)11(14,16-15)8-4-7-9-5-2-1-3-6-9/h1-3,5-6,14H,4,7-8H2,(H,12,13). The van der Waals surface area contributed by atoms with Gasteiger partial charge in [0, 0.05) is 0 Å². The minimum atomic E-state index is -2.14. The van der Waals surface area contributed by atoms with Gasteiger partial charge < -0.3 is 10.2 Å². The lowest BCUT2D eigenvalue weighted by atomic mass is 10.1. The Morgan fingerprint density at radius 2 is 1.94 bits per heavy atom. The second-order valence-electron chi connectivity index (χ2n) is 3.55. The van der Waals surface area contributed by atoms with Crippen molar-refractivity contribution < 1.29 is 19.6 Å². The molecule has 0 radical (unpaired) electrons. The lowest BCUT2D eigenvalue weighted by Gasteiger charge is -2.14. The highest BCUT2D eigenvalue weighted by atomic mass is 31.1. The normalized spacial score (nSPS) is 14.6. The zero-order valence-corrected chi connectivity index (χ0v) is 9.56. The van der Waals surface area contributed by atoms with Gasteiger partial charge in [-0.2, -0.15) is 0 Å². The smallest absolute Gasteiger partial charge is 0.348 e. The van der Waals surface area contributed by atoms with Crippen molar-refractivity contribution in [1.82, 2.24) is 0 Å². The fraction of sp³-hybridized carbons (Fsp3) is 0.364. The van der Waals surface area contributed by atoms with Crippen molar-refractivity contribution in [2.24, 2.45) is 0 Å². The van der Waals surface area contributed by atoms with Crippen molar-refractivity contribution >= 4 is 14.4 Å². The monoisotopic (exact) mass is 240 g/mol. The lowest BCUT2D eigenvalue weighted by Crippen LogP contribution is -2.32. The van der Waals surface area contributed by atoms with Gasteiger partial charge in [-0.1, -0.05) is 30.3 Å². The van der Waals surface area contributed by atoms with Gasteiger partial charge in [-0.05, 0) is 24.8 Å². The van der Waals surface area contributed by atoms with E-state index in [0.717, 1.165) is 5.56 Å². The third-order valence-corrected chi connectivity index (χ3v) is 3.04. The number of benzene rings is 1. The van der Waals surface area contributed by atoms with Gasteiger partial charge in [0.25, 0.3) is 0 Å². The molecule has 1 atom stereocenters. The summed E-state index contributed by atoms with van der Waals surface area (Å²) in [6.07, 6.45) is 1.11. The summed E-state index contributed by atoms with van der Waals surface area (Å²) < 4.78 is 10.6. The molecule has 86 valence electrons. The van der Waals surface area contributed by atoms with Gasteiger partial charge in [-0.15, -0.1) is 0 Å². The molecule has 0 bridgehead atoms. The van der Waals surface area contributed by atoms with Crippen LogP contribution in [0.25, 0.3) is 0 Å². The summed E-state index contributed by atoms with van der Waals surface area (Å²) in [6, 6.07) is 9.53. The molecule has 2 N–H and O–H groups in total. The molecule has 0 aliphatic carbocycles. The van der Waals surface area contributed by atoms with Crippen LogP contribution in [0.1, 0.15) is 18.4 Å². The van der Waals surface area contributed by atoms with E-state index in [0.29, 0.717) is 12.8 Å². The molecule has 0 aromatic heterocycles. The van der Waals surface area contributed by atoms with E-state index in [1.165, 1.54) is 0 Å². The summed E-state index contributed by atoms with van der Waals surface area (Å²) in [5.74, 6) is -1.45. The van der Waals surface area contributed by atoms with Crippen molar-refractivity contribution in [2.75, 3.05) is 0 Å². The highest BCUT2D eigenvalue weighted by Crippen LogP contribution is 2.26. The summed E-state index contributed by atoms with van der Waals surface area (Å²) in [7, 11) is -0.761. The van der Waals surface area contributed by atoms with Crippen LogP contribution in [-0.4, -0.2) is 21.5 Å². The first kappa shape index (κ1) is 12.8. The molecule has 5 heteroatoms. The van der Waals surface area contributed by atoms with Gasteiger partial charge in [0.15, 0.2) is 0 Å². The van der Waals surface area contributed by atoms with E-state index >= 15 is 0 Å². The molecule has 0 spiro atoms. The Morgan fingerprint density at radius 1 is 1.31 bits per heavy atom. The maximum atomic E-state index is 10.6. The van der Waals surface area contributed by atoms with Crippen LogP contribution in [0.2, 0.25) is 0 Å². The van der Waals surface area contributed by atoms with Crippen LogP contribution in [0, 0.1) is 0 Å². The zero-order valence-electron chi connectivity index (χ0n) is 8.67. The van der Waals surface area contributed by atoms with E-state index in [1.807, 2.05) is 30.3 Å². The lowest BCUT2D eigenvalue weighted by molar-refractivity contribution is -0.150. The van der Waals surface area contributed by atoms with E-state index in [2.05, 4.69) is 0 Å². The predicted molar refractivity (Wildman–Crippen MR) is 59.6 cm³/mol. The Balaban J connectivity index is 2.46. The molecule has 16 heavy (non-hydrogen) atoms. The number of carbonyl (C=O) groups is 1. The van der Waals surface area contributed by atoms with Crippen molar-refractivity contribution in [2.45, 2.75) is 24.6 Å². The average molecular weight is 240 g/mol. The minimum absolute atomic E-state index is 0.0255. The summed E-state index contributed by atoms with van der Waals surface area (Å²) in [4.78, 5) is 10.6. The Hall–Kier alpha value is -1.25. The largest absolute Gasteiger partial charge is 0.479 e. The summed E-state index contributed by atoms with van der Waals surface area (Å²) in [5.41, 5.74) is 1.07. The summed E-state index contributed by atoms with van der Waals surface area (Å²) in [6.45, 7) is 0. The molecule has 0 aliphatic heterocycles. The van der Waals surface area contributed by atoms with Gasteiger partial charge >= 0.3 is 5.97 Å². The second-order valence-corrected chi connectivity index (χ2v) is 4.47. The SMILES string of the molecule is O=PC(O)(CCCc1ccccc1)C(=O)O. The van der Waals surface area contributed by atoms with Gasteiger partial charge in [-0.3, -0.25) is 4.57 Å². The van der Waals surface area contributed by atoms with E-state index in [1.54, 1.807) is 0 Å². The van der Waals surface area contributed by atoms with Crippen LogP contribution < -0.4 is 0 Å². The van der Waals surface area contributed by atoms with Crippen LogP contribution in [-0.2, 0) is 15.8 Å². The first-order valence-corrected chi connectivity index (χ1v) is 5.74. The highest BCUT2D eigenvalue weighted by molar-refractivity contribution is 7.27. The number of aliphatic hydroxyl groups is 1. The van der Waals surface area contributed by atoms with Crippen molar-refractivity contribution in [3.63, 3.8) is 0 Å². The van der Waals surface area contributed by atoms with Crippen LogP contribution >= 0.6 is 8.46 Å². The molecule has 4 nitrogen and oxygen atoms in total. The Kier molecular flexibility index (Phi) is 4.59. The average Bonchev–Trinajstić information content (AvgIpc) is 2.30.